The fraction of sp³-hybridized carbons (Fsp3) is 0.333. The van der Waals surface area contributed by atoms with Gasteiger partial charge < -0.3 is 5.32 Å². The molecule has 1 aromatic carbocycles. The van der Waals surface area contributed by atoms with Crippen LogP contribution in [0.25, 0.3) is 0 Å². The Hall–Kier alpha value is -1.13. The van der Waals surface area contributed by atoms with Crippen molar-refractivity contribution in [1.82, 2.24) is 5.32 Å². The number of para-hydroxylation sites is 1. The molecule has 1 aromatic rings. The first-order valence-electron chi connectivity index (χ1n) is 4.36. The third kappa shape index (κ3) is 1.47. The van der Waals surface area contributed by atoms with Crippen LogP contribution in [0.3, 0.4) is 0 Å². The van der Waals surface area contributed by atoms with Crippen LogP contribution in [-0.2, 0) is 0 Å². The molecular weight excluding hydrogens is 204 g/mol. The quantitative estimate of drug-likeness (QED) is 0.605. The van der Waals surface area contributed by atoms with E-state index in [2.05, 4.69) is 5.32 Å². The lowest BCUT2D eigenvalue weighted by molar-refractivity contribution is -0.385. The van der Waals surface area contributed by atoms with E-state index in [0.717, 1.165) is 13.0 Å². The molecule has 14 heavy (non-hydrogen) atoms. The van der Waals surface area contributed by atoms with Crippen LogP contribution in [-0.4, -0.2) is 11.5 Å². The molecule has 0 aliphatic carbocycles. The van der Waals surface area contributed by atoms with Crippen LogP contribution in [0.1, 0.15) is 18.0 Å². The van der Waals surface area contributed by atoms with E-state index in [0.29, 0.717) is 5.56 Å². The van der Waals surface area contributed by atoms with Gasteiger partial charge in [0.2, 0.25) is 0 Å². The van der Waals surface area contributed by atoms with Gasteiger partial charge in [0.25, 0.3) is 5.69 Å². The second-order valence-corrected chi connectivity index (χ2v) is 3.64. The Morgan fingerprint density at radius 1 is 1.57 bits per heavy atom. The molecule has 0 amide bonds. The van der Waals surface area contributed by atoms with E-state index in [-0.39, 0.29) is 16.8 Å². The van der Waals surface area contributed by atoms with Gasteiger partial charge in [0.15, 0.2) is 0 Å². The molecule has 5 heteroatoms. The molecule has 0 radical (unpaired) electrons. The van der Waals surface area contributed by atoms with Crippen LogP contribution in [0, 0.1) is 10.1 Å². The summed E-state index contributed by atoms with van der Waals surface area (Å²) in [5, 5.41) is 14.1. The summed E-state index contributed by atoms with van der Waals surface area (Å²) >= 11 is 5.78. The molecule has 2 rings (SSSR count). The Morgan fingerprint density at radius 2 is 2.29 bits per heavy atom. The van der Waals surface area contributed by atoms with E-state index >= 15 is 0 Å². The second-order valence-electron chi connectivity index (χ2n) is 3.23. The molecule has 1 aliphatic rings. The predicted octanol–water partition coefficient (Wildman–Crippen LogP) is 2.28. The highest BCUT2D eigenvalue weighted by atomic mass is 35.5. The van der Waals surface area contributed by atoms with Crippen molar-refractivity contribution in [3.8, 4) is 0 Å². The van der Waals surface area contributed by atoms with Gasteiger partial charge in [-0.25, -0.2) is 0 Å². The predicted molar refractivity (Wildman–Crippen MR) is 53.5 cm³/mol. The standard InChI is InChI=1S/C9H9ClN2O2/c10-7-3-1-2-6(8-4-5-11-8)9(7)12(13)14/h1-3,8,11H,4-5H2/t8-/m0/s1. The zero-order chi connectivity index (χ0) is 10.1. The van der Waals surface area contributed by atoms with Gasteiger partial charge in [-0.05, 0) is 19.0 Å². The monoisotopic (exact) mass is 212 g/mol. The molecule has 74 valence electrons. The van der Waals surface area contributed by atoms with E-state index in [4.69, 9.17) is 11.6 Å². The fourth-order valence-corrected chi connectivity index (χ4v) is 1.81. The van der Waals surface area contributed by atoms with Gasteiger partial charge in [0.1, 0.15) is 5.02 Å². The lowest BCUT2D eigenvalue weighted by Crippen LogP contribution is -2.35. The highest BCUT2D eigenvalue weighted by Crippen LogP contribution is 2.35. The molecule has 4 nitrogen and oxygen atoms in total. The van der Waals surface area contributed by atoms with Crippen molar-refractivity contribution in [3.05, 3.63) is 38.9 Å². The van der Waals surface area contributed by atoms with Crippen molar-refractivity contribution >= 4 is 17.3 Å². The molecule has 1 N–H and O–H groups in total. The van der Waals surface area contributed by atoms with Gasteiger partial charge in [0, 0.05) is 11.6 Å². The molecule has 0 bridgehead atoms. The smallest absolute Gasteiger partial charge is 0.292 e. The van der Waals surface area contributed by atoms with E-state index in [1.54, 1.807) is 18.2 Å². The van der Waals surface area contributed by atoms with Gasteiger partial charge in [-0.1, -0.05) is 23.7 Å². The Morgan fingerprint density at radius 3 is 2.79 bits per heavy atom. The molecule has 0 aromatic heterocycles. The Balaban J connectivity index is 2.46. The summed E-state index contributed by atoms with van der Waals surface area (Å²) in [6.07, 6.45) is 0.932. The number of hydrogen-bond donors (Lipinski definition) is 1. The molecule has 1 saturated heterocycles. The highest BCUT2D eigenvalue weighted by molar-refractivity contribution is 6.32. The van der Waals surface area contributed by atoms with Gasteiger partial charge >= 0.3 is 0 Å². The lowest BCUT2D eigenvalue weighted by atomic mass is 9.96. The molecule has 0 saturated carbocycles. The van der Waals surface area contributed by atoms with Gasteiger partial charge in [-0.2, -0.15) is 0 Å². The van der Waals surface area contributed by atoms with Crippen molar-refractivity contribution in [2.45, 2.75) is 12.5 Å². The van der Waals surface area contributed by atoms with Crippen LogP contribution in [0.2, 0.25) is 5.02 Å². The minimum Gasteiger partial charge on any atom is -0.310 e. The Kier molecular flexibility index (Phi) is 2.39. The normalized spacial score (nSPS) is 20.2. The van der Waals surface area contributed by atoms with Crippen LogP contribution in [0.15, 0.2) is 18.2 Å². The number of rotatable bonds is 2. The number of halogens is 1. The maximum Gasteiger partial charge on any atom is 0.292 e. The van der Waals surface area contributed by atoms with Crippen molar-refractivity contribution in [2.24, 2.45) is 0 Å². The molecular formula is C9H9ClN2O2. The molecule has 1 heterocycles. The van der Waals surface area contributed by atoms with Crippen molar-refractivity contribution in [2.75, 3.05) is 6.54 Å². The number of nitro groups is 1. The number of hydrogen-bond acceptors (Lipinski definition) is 3. The van der Waals surface area contributed by atoms with Crippen molar-refractivity contribution < 1.29 is 4.92 Å². The maximum atomic E-state index is 10.8. The summed E-state index contributed by atoms with van der Waals surface area (Å²) < 4.78 is 0. The zero-order valence-corrected chi connectivity index (χ0v) is 8.12. The summed E-state index contributed by atoms with van der Waals surface area (Å²) in [5.74, 6) is 0. The van der Waals surface area contributed by atoms with E-state index in [9.17, 15) is 10.1 Å². The first-order valence-corrected chi connectivity index (χ1v) is 4.74. The topological polar surface area (TPSA) is 55.2 Å². The van der Waals surface area contributed by atoms with Crippen LogP contribution < -0.4 is 5.32 Å². The highest BCUT2D eigenvalue weighted by Gasteiger charge is 2.28. The molecule has 1 aliphatic heterocycles. The summed E-state index contributed by atoms with van der Waals surface area (Å²) in [4.78, 5) is 10.4. The first-order chi connectivity index (χ1) is 6.70. The summed E-state index contributed by atoms with van der Waals surface area (Å²) in [7, 11) is 0. The van der Waals surface area contributed by atoms with Gasteiger partial charge in [-0.3, -0.25) is 10.1 Å². The maximum absolute atomic E-state index is 10.8. The summed E-state index contributed by atoms with van der Waals surface area (Å²) in [6, 6.07) is 5.13. The SMILES string of the molecule is O=[N+]([O-])c1c(Cl)cccc1[C@@H]1CCN1. The Labute approximate surface area is 86.0 Å². The third-order valence-electron chi connectivity index (χ3n) is 2.40. The van der Waals surface area contributed by atoms with Crippen molar-refractivity contribution in [3.63, 3.8) is 0 Å². The molecule has 0 unspecified atom stereocenters. The van der Waals surface area contributed by atoms with Crippen LogP contribution in [0.4, 0.5) is 5.69 Å². The zero-order valence-electron chi connectivity index (χ0n) is 7.37. The number of nitrogens with one attached hydrogen (secondary N) is 1. The van der Waals surface area contributed by atoms with E-state index in [1.165, 1.54) is 0 Å². The minimum atomic E-state index is -0.419. The summed E-state index contributed by atoms with van der Waals surface area (Å²) in [5.41, 5.74) is 0.722. The number of nitrogens with zero attached hydrogens (tertiary/aromatic N) is 1. The number of benzene rings is 1. The van der Waals surface area contributed by atoms with Gasteiger partial charge in [0.05, 0.1) is 4.92 Å². The van der Waals surface area contributed by atoms with Crippen LogP contribution >= 0.6 is 11.6 Å². The fourth-order valence-electron chi connectivity index (χ4n) is 1.56. The van der Waals surface area contributed by atoms with Gasteiger partial charge in [-0.15, -0.1) is 0 Å². The number of nitro benzene ring substituents is 1. The third-order valence-corrected chi connectivity index (χ3v) is 2.70. The Bertz CT molecular complexity index is 377. The largest absolute Gasteiger partial charge is 0.310 e. The molecule has 1 atom stereocenters. The van der Waals surface area contributed by atoms with Crippen LogP contribution in [0.5, 0.6) is 0 Å². The van der Waals surface area contributed by atoms with E-state index in [1.807, 2.05) is 0 Å². The second kappa shape index (κ2) is 3.55. The minimum absolute atomic E-state index is 0.0337. The lowest BCUT2D eigenvalue weighted by Gasteiger charge is -2.27. The van der Waals surface area contributed by atoms with Crippen molar-refractivity contribution in [1.29, 1.82) is 0 Å². The van der Waals surface area contributed by atoms with E-state index < -0.39 is 4.92 Å². The summed E-state index contributed by atoms with van der Waals surface area (Å²) in [6.45, 7) is 0.911. The average molecular weight is 213 g/mol. The molecule has 1 fully saturated rings. The average Bonchev–Trinajstić information content (AvgIpc) is 1.99. The first kappa shape index (κ1) is 9.43. The molecule has 0 spiro atoms.